The average molecular weight is 284 g/mol. The van der Waals surface area contributed by atoms with Crippen LogP contribution in [0.15, 0.2) is 0 Å². The number of carbonyl (C=O) groups excluding carboxylic acids is 1. The molecule has 2 fully saturated rings. The van der Waals surface area contributed by atoms with E-state index in [1.54, 1.807) is 0 Å². The smallest absolute Gasteiger partial charge is 0.235 e. The van der Waals surface area contributed by atoms with Crippen LogP contribution in [-0.4, -0.2) is 42.1 Å². The number of likely N-dealkylation sites (N-methyl/N-ethyl adjacent to an activating group) is 1. The summed E-state index contributed by atoms with van der Waals surface area (Å²) < 4.78 is 5.38. The zero-order chi connectivity index (χ0) is 13.9. The van der Waals surface area contributed by atoms with Crippen LogP contribution in [0.3, 0.4) is 0 Å². The summed E-state index contributed by atoms with van der Waals surface area (Å²) in [4.78, 5) is 15.1. The van der Waals surface area contributed by atoms with Gasteiger partial charge in [-0.1, -0.05) is 37.9 Å². The van der Waals surface area contributed by atoms with Gasteiger partial charge in [-0.15, -0.1) is 0 Å². The third-order valence-electron chi connectivity index (χ3n) is 4.61. The largest absolute Gasteiger partial charge is 0.392 e. The first-order chi connectivity index (χ1) is 9.08. The van der Waals surface area contributed by atoms with E-state index in [-0.39, 0.29) is 11.9 Å². The first-order valence-corrected chi connectivity index (χ1v) is 7.64. The summed E-state index contributed by atoms with van der Waals surface area (Å²) in [6.45, 7) is 1.37. The van der Waals surface area contributed by atoms with Crippen molar-refractivity contribution in [2.45, 2.75) is 51.0 Å². The maximum atomic E-state index is 12.9. The van der Waals surface area contributed by atoms with Crippen LogP contribution in [0.25, 0.3) is 0 Å². The summed E-state index contributed by atoms with van der Waals surface area (Å²) in [7, 11) is 1.87. The highest BCUT2D eigenvalue weighted by molar-refractivity contribution is 7.80. The minimum absolute atomic E-state index is 0.109. The predicted molar refractivity (Wildman–Crippen MR) is 78.9 cm³/mol. The van der Waals surface area contributed by atoms with Crippen LogP contribution in [0.2, 0.25) is 0 Å². The molecule has 1 heterocycles. The molecule has 1 amide bonds. The zero-order valence-electron chi connectivity index (χ0n) is 11.7. The molecule has 1 aliphatic carbocycles. The summed E-state index contributed by atoms with van der Waals surface area (Å²) in [6.07, 6.45) is 6.95. The molecule has 0 radical (unpaired) electrons. The van der Waals surface area contributed by atoms with Crippen molar-refractivity contribution in [1.29, 1.82) is 0 Å². The molecular weight excluding hydrogens is 260 g/mol. The highest BCUT2D eigenvalue weighted by Gasteiger charge is 2.44. The zero-order valence-corrected chi connectivity index (χ0v) is 12.5. The SMILES string of the molecule is CN(C(=O)C1(C(N)=S)CCCCCC1)C1CCOC1. The number of ether oxygens (including phenoxy) is 1. The van der Waals surface area contributed by atoms with Crippen molar-refractivity contribution in [3.63, 3.8) is 0 Å². The van der Waals surface area contributed by atoms with E-state index in [4.69, 9.17) is 22.7 Å². The van der Waals surface area contributed by atoms with Gasteiger partial charge in [0.1, 0.15) is 0 Å². The Balaban J connectivity index is 2.17. The average Bonchev–Trinajstić information content (AvgIpc) is 2.81. The molecule has 0 spiro atoms. The molecule has 0 aromatic heterocycles. The molecule has 4 nitrogen and oxygen atoms in total. The summed E-state index contributed by atoms with van der Waals surface area (Å²) >= 11 is 5.26. The second-order valence-corrected chi connectivity index (χ2v) is 6.23. The predicted octanol–water partition coefficient (Wildman–Crippen LogP) is 1.86. The lowest BCUT2D eigenvalue weighted by Crippen LogP contribution is -2.52. The highest BCUT2D eigenvalue weighted by atomic mass is 32.1. The van der Waals surface area contributed by atoms with Crippen molar-refractivity contribution in [3.8, 4) is 0 Å². The molecule has 1 aliphatic heterocycles. The molecule has 1 atom stereocenters. The molecule has 2 rings (SSSR count). The van der Waals surface area contributed by atoms with E-state index >= 15 is 0 Å². The summed E-state index contributed by atoms with van der Waals surface area (Å²) in [5, 5.41) is 0. The van der Waals surface area contributed by atoms with Crippen LogP contribution in [0.4, 0.5) is 0 Å². The first kappa shape index (κ1) is 14.7. The lowest BCUT2D eigenvalue weighted by atomic mass is 9.78. The molecule has 1 saturated carbocycles. The molecule has 5 heteroatoms. The van der Waals surface area contributed by atoms with E-state index in [2.05, 4.69) is 0 Å². The van der Waals surface area contributed by atoms with Crippen molar-refractivity contribution in [3.05, 3.63) is 0 Å². The summed E-state index contributed by atoms with van der Waals surface area (Å²) in [5.74, 6) is 0.109. The van der Waals surface area contributed by atoms with E-state index < -0.39 is 5.41 Å². The minimum atomic E-state index is -0.608. The number of nitrogens with zero attached hydrogens (tertiary/aromatic N) is 1. The van der Waals surface area contributed by atoms with E-state index in [0.717, 1.165) is 38.7 Å². The molecule has 2 N–H and O–H groups in total. The van der Waals surface area contributed by atoms with Crippen molar-refractivity contribution >= 4 is 23.1 Å². The fourth-order valence-corrected chi connectivity index (χ4v) is 3.52. The molecule has 1 saturated heterocycles. The van der Waals surface area contributed by atoms with Gasteiger partial charge in [-0.25, -0.2) is 0 Å². The van der Waals surface area contributed by atoms with Crippen molar-refractivity contribution in [1.82, 2.24) is 4.90 Å². The summed E-state index contributed by atoms with van der Waals surface area (Å²) in [5.41, 5.74) is 5.35. The van der Waals surface area contributed by atoms with Gasteiger partial charge >= 0.3 is 0 Å². The third-order valence-corrected chi connectivity index (χ3v) is 5.00. The Morgan fingerprint density at radius 3 is 2.42 bits per heavy atom. The second kappa shape index (κ2) is 6.18. The molecule has 0 aromatic carbocycles. The maximum Gasteiger partial charge on any atom is 0.235 e. The molecular formula is C14H24N2O2S. The number of thiocarbonyl (C=S) groups is 1. The van der Waals surface area contributed by atoms with E-state index in [0.29, 0.717) is 11.6 Å². The number of nitrogens with two attached hydrogens (primary N) is 1. The Labute approximate surface area is 120 Å². The standard InChI is InChI=1S/C14H24N2O2S/c1-16(11-6-9-18-10-11)13(17)14(12(15)19)7-4-2-3-5-8-14/h11H,2-10H2,1H3,(H2,15,19). The van der Waals surface area contributed by atoms with Crippen molar-refractivity contribution in [2.24, 2.45) is 11.1 Å². The van der Waals surface area contributed by atoms with Crippen LogP contribution in [0, 0.1) is 5.41 Å². The topological polar surface area (TPSA) is 55.6 Å². The van der Waals surface area contributed by atoms with E-state index in [1.807, 2.05) is 11.9 Å². The molecule has 0 aromatic rings. The van der Waals surface area contributed by atoms with Gasteiger partial charge in [0.25, 0.3) is 0 Å². The van der Waals surface area contributed by atoms with Crippen molar-refractivity contribution in [2.75, 3.05) is 20.3 Å². The van der Waals surface area contributed by atoms with Crippen LogP contribution in [-0.2, 0) is 9.53 Å². The van der Waals surface area contributed by atoms with Gasteiger partial charge in [-0.05, 0) is 19.3 Å². The minimum Gasteiger partial charge on any atom is -0.392 e. The van der Waals surface area contributed by atoms with Gasteiger partial charge in [0.2, 0.25) is 5.91 Å². The molecule has 19 heavy (non-hydrogen) atoms. The molecule has 2 aliphatic rings. The van der Waals surface area contributed by atoms with Crippen LogP contribution < -0.4 is 5.73 Å². The first-order valence-electron chi connectivity index (χ1n) is 7.23. The molecule has 0 bridgehead atoms. The Bertz CT molecular complexity index is 345. The van der Waals surface area contributed by atoms with Gasteiger partial charge in [0.05, 0.1) is 23.1 Å². The fraction of sp³-hybridized carbons (Fsp3) is 0.857. The second-order valence-electron chi connectivity index (χ2n) is 5.79. The quantitative estimate of drug-likeness (QED) is 0.635. The number of hydrogen-bond acceptors (Lipinski definition) is 3. The highest BCUT2D eigenvalue weighted by Crippen LogP contribution is 2.37. The van der Waals surface area contributed by atoms with Gasteiger partial charge < -0.3 is 15.4 Å². The van der Waals surface area contributed by atoms with Gasteiger partial charge in [0, 0.05) is 13.7 Å². The summed E-state index contributed by atoms with van der Waals surface area (Å²) in [6, 6.07) is 0.182. The van der Waals surface area contributed by atoms with Gasteiger partial charge in [-0.2, -0.15) is 0 Å². The van der Waals surface area contributed by atoms with Crippen LogP contribution in [0.5, 0.6) is 0 Å². The van der Waals surface area contributed by atoms with E-state index in [1.165, 1.54) is 12.8 Å². The lowest BCUT2D eigenvalue weighted by Gasteiger charge is -2.36. The molecule has 1 unspecified atom stereocenters. The number of hydrogen-bond donors (Lipinski definition) is 1. The Hall–Kier alpha value is -0.680. The Morgan fingerprint density at radius 1 is 1.32 bits per heavy atom. The normalized spacial score (nSPS) is 26.7. The lowest BCUT2D eigenvalue weighted by molar-refractivity contribution is -0.139. The van der Waals surface area contributed by atoms with Gasteiger partial charge in [0.15, 0.2) is 0 Å². The Kier molecular flexibility index (Phi) is 4.79. The monoisotopic (exact) mass is 284 g/mol. The fourth-order valence-electron chi connectivity index (χ4n) is 3.23. The maximum absolute atomic E-state index is 12.9. The number of carbonyl (C=O) groups is 1. The molecule has 108 valence electrons. The number of rotatable bonds is 3. The van der Waals surface area contributed by atoms with Crippen LogP contribution >= 0.6 is 12.2 Å². The third kappa shape index (κ3) is 2.92. The van der Waals surface area contributed by atoms with Crippen LogP contribution in [0.1, 0.15) is 44.9 Å². The van der Waals surface area contributed by atoms with Gasteiger partial charge in [-0.3, -0.25) is 4.79 Å². The van der Waals surface area contributed by atoms with E-state index in [9.17, 15) is 4.79 Å². The Morgan fingerprint density at radius 2 is 1.95 bits per heavy atom. The van der Waals surface area contributed by atoms with Crippen molar-refractivity contribution < 1.29 is 9.53 Å². The number of amides is 1.